The van der Waals surface area contributed by atoms with Crippen LogP contribution in [0.1, 0.15) is 15.9 Å². The lowest BCUT2D eigenvalue weighted by Gasteiger charge is -2.11. The zero-order valence-corrected chi connectivity index (χ0v) is 15.4. The minimum atomic E-state index is -0.249. The molecular weight excluding hydrogens is 360 g/mol. The van der Waals surface area contributed by atoms with Crippen LogP contribution in [0.3, 0.4) is 0 Å². The molecule has 4 aromatic rings. The monoisotopic (exact) mass is 376 g/mol. The number of hydrogen-bond acceptors (Lipinski definition) is 2. The molecule has 2 aromatic carbocycles. The van der Waals surface area contributed by atoms with Crippen LogP contribution >= 0.6 is 11.6 Å². The number of anilines is 1. The first kappa shape index (κ1) is 17.1. The largest absolute Gasteiger partial charge is 0.322 e. The number of benzene rings is 2. The molecule has 0 radical (unpaired) electrons. The summed E-state index contributed by atoms with van der Waals surface area (Å²) in [5.41, 5.74) is 2.94. The summed E-state index contributed by atoms with van der Waals surface area (Å²) in [4.78, 5) is 13.0. The molecule has 0 fully saturated rings. The van der Waals surface area contributed by atoms with Gasteiger partial charge in [0.25, 0.3) is 5.91 Å². The van der Waals surface area contributed by atoms with Gasteiger partial charge in [-0.15, -0.1) is 0 Å². The number of para-hydroxylation sites is 1. The highest BCUT2D eigenvalue weighted by molar-refractivity contribution is 6.31. The summed E-state index contributed by atoms with van der Waals surface area (Å²) in [6, 6.07) is 19.0. The molecule has 4 rings (SSSR count). The molecule has 27 heavy (non-hydrogen) atoms. The van der Waals surface area contributed by atoms with Crippen LogP contribution < -0.4 is 5.32 Å². The third kappa shape index (κ3) is 3.37. The minimum absolute atomic E-state index is 0.249. The normalized spacial score (nSPS) is 10.7. The minimum Gasteiger partial charge on any atom is -0.322 e. The van der Waals surface area contributed by atoms with E-state index in [-0.39, 0.29) is 5.91 Å². The van der Waals surface area contributed by atoms with Crippen molar-refractivity contribution in [2.75, 3.05) is 5.32 Å². The quantitative estimate of drug-likeness (QED) is 0.552. The van der Waals surface area contributed by atoms with Crippen LogP contribution in [0, 0.1) is 6.92 Å². The molecule has 2 heterocycles. The molecule has 0 atom stereocenters. The first-order valence-corrected chi connectivity index (χ1v) is 8.85. The third-order valence-electron chi connectivity index (χ3n) is 4.27. The predicted molar refractivity (Wildman–Crippen MR) is 107 cm³/mol. The lowest BCUT2D eigenvalue weighted by molar-refractivity contribution is 0.102. The van der Waals surface area contributed by atoms with E-state index in [2.05, 4.69) is 10.4 Å². The second-order valence-electron chi connectivity index (χ2n) is 6.14. The van der Waals surface area contributed by atoms with Crippen LogP contribution in [0.15, 0.2) is 79.3 Å². The van der Waals surface area contributed by atoms with Crippen LogP contribution in [0.2, 0.25) is 5.02 Å². The highest BCUT2D eigenvalue weighted by Crippen LogP contribution is 2.23. The summed E-state index contributed by atoms with van der Waals surface area (Å²) in [6.45, 7) is 1.92. The van der Waals surface area contributed by atoms with E-state index in [1.54, 1.807) is 16.9 Å². The Morgan fingerprint density at radius 2 is 1.78 bits per heavy atom. The summed E-state index contributed by atoms with van der Waals surface area (Å²) >= 11 is 6.17. The van der Waals surface area contributed by atoms with Crippen molar-refractivity contribution in [3.05, 3.63) is 95.4 Å². The van der Waals surface area contributed by atoms with E-state index in [1.807, 2.05) is 78.5 Å². The zero-order chi connectivity index (χ0) is 18.8. The Kier molecular flexibility index (Phi) is 4.52. The van der Waals surface area contributed by atoms with Gasteiger partial charge in [-0.3, -0.25) is 4.79 Å². The number of rotatable bonds is 4. The van der Waals surface area contributed by atoms with E-state index in [4.69, 9.17) is 11.6 Å². The Labute approximate surface area is 161 Å². The van der Waals surface area contributed by atoms with E-state index in [1.165, 1.54) is 0 Å². The molecule has 0 aliphatic carbocycles. The van der Waals surface area contributed by atoms with Crippen molar-refractivity contribution < 1.29 is 4.79 Å². The lowest BCUT2D eigenvalue weighted by Crippen LogP contribution is -2.15. The Bertz CT molecular complexity index is 1080. The molecule has 0 aliphatic heterocycles. The van der Waals surface area contributed by atoms with E-state index < -0.39 is 0 Å². The third-order valence-corrected chi connectivity index (χ3v) is 4.68. The number of aryl methyl sites for hydroxylation is 1. The first-order valence-electron chi connectivity index (χ1n) is 8.48. The molecule has 1 amide bonds. The predicted octanol–water partition coefficient (Wildman–Crippen LogP) is 4.88. The Morgan fingerprint density at radius 1 is 1.04 bits per heavy atom. The number of nitrogens with one attached hydrogen (secondary N) is 1. The summed E-state index contributed by atoms with van der Waals surface area (Å²) in [6.07, 6.45) is 5.35. The zero-order valence-electron chi connectivity index (χ0n) is 14.6. The Balaban J connectivity index is 1.75. The standard InChI is InChI=1S/C21H17ClN4O/c1-15-9-10-16(13-19(15)22)24-20(27)18-14-23-26(17-7-3-2-4-8-17)21(18)25-11-5-6-12-25/h2-14H,1H3,(H,24,27). The molecule has 0 spiro atoms. The van der Waals surface area contributed by atoms with Crippen molar-refractivity contribution in [2.24, 2.45) is 0 Å². The van der Waals surface area contributed by atoms with Crippen LogP contribution in [-0.4, -0.2) is 20.3 Å². The van der Waals surface area contributed by atoms with E-state index in [0.717, 1.165) is 11.3 Å². The van der Waals surface area contributed by atoms with Crippen molar-refractivity contribution in [1.29, 1.82) is 0 Å². The molecule has 6 heteroatoms. The Hall–Kier alpha value is -3.31. The highest BCUT2D eigenvalue weighted by Gasteiger charge is 2.20. The van der Waals surface area contributed by atoms with Gasteiger partial charge in [-0.25, -0.2) is 4.68 Å². The summed E-state index contributed by atoms with van der Waals surface area (Å²) < 4.78 is 3.62. The van der Waals surface area contributed by atoms with Gasteiger partial charge in [-0.05, 0) is 48.9 Å². The summed E-state index contributed by atoms with van der Waals surface area (Å²) in [5.74, 6) is 0.419. The molecule has 134 valence electrons. The second kappa shape index (κ2) is 7.13. The van der Waals surface area contributed by atoms with Crippen molar-refractivity contribution in [2.45, 2.75) is 6.92 Å². The lowest BCUT2D eigenvalue weighted by atomic mass is 10.2. The van der Waals surface area contributed by atoms with Gasteiger partial charge < -0.3 is 9.88 Å². The molecule has 0 saturated heterocycles. The fraction of sp³-hybridized carbons (Fsp3) is 0.0476. The number of carbonyl (C=O) groups is 1. The van der Waals surface area contributed by atoms with Gasteiger partial charge in [-0.1, -0.05) is 35.9 Å². The molecule has 0 unspecified atom stereocenters. The van der Waals surface area contributed by atoms with Crippen molar-refractivity contribution in [3.63, 3.8) is 0 Å². The van der Waals surface area contributed by atoms with Crippen molar-refractivity contribution in [3.8, 4) is 11.5 Å². The van der Waals surface area contributed by atoms with Crippen LogP contribution in [0.25, 0.3) is 11.5 Å². The molecule has 1 N–H and O–H groups in total. The number of hydrogen-bond donors (Lipinski definition) is 1. The number of amides is 1. The topological polar surface area (TPSA) is 51.9 Å². The van der Waals surface area contributed by atoms with Gasteiger partial charge in [0.2, 0.25) is 0 Å². The number of nitrogens with zero attached hydrogens (tertiary/aromatic N) is 3. The Morgan fingerprint density at radius 3 is 2.48 bits per heavy atom. The molecule has 0 saturated carbocycles. The second-order valence-corrected chi connectivity index (χ2v) is 6.54. The molecule has 5 nitrogen and oxygen atoms in total. The van der Waals surface area contributed by atoms with Crippen LogP contribution in [-0.2, 0) is 0 Å². The van der Waals surface area contributed by atoms with E-state index in [9.17, 15) is 4.79 Å². The average molecular weight is 377 g/mol. The van der Waals surface area contributed by atoms with Gasteiger partial charge in [0, 0.05) is 23.1 Å². The van der Waals surface area contributed by atoms with Gasteiger partial charge in [0.05, 0.1) is 11.9 Å². The van der Waals surface area contributed by atoms with Crippen molar-refractivity contribution >= 4 is 23.2 Å². The number of carbonyl (C=O) groups excluding carboxylic acids is 1. The molecule has 0 bridgehead atoms. The SMILES string of the molecule is Cc1ccc(NC(=O)c2cnn(-c3ccccc3)c2-n2cccc2)cc1Cl. The fourth-order valence-corrected chi connectivity index (χ4v) is 3.03. The maximum atomic E-state index is 13.0. The molecule has 0 aliphatic rings. The molecular formula is C21H17ClN4O. The average Bonchev–Trinajstić information content (AvgIpc) is 3.34. The van der Waals surface area contributed by atoms with Gasteiger partial charge in [0.15, 0.2) is 5.82 Å². The fourth-order valence-electron chi connectivity index (χ4n) is 2.85. The van der Waals surface area contributed by atoms with E-state index in [0.29, 0.717) is 22.1 Å². The smallest absolute Gasteiger partial charge is 0.261 e. The number of aromatic nitrogens is 3. The van der Waals surface area contributed by atoms with Gasteiger partial charge in [0.1, 0.15) is 5.56 Å². The van der Waals surface area contributed by atoms with Gasteiger partial charge in [-0.2, -0.15) is 5.10 Å². The van der Waals surface area contributed by atoms with Gasteiger partial charge >= 0.3 is 0 Å². The summed E-state index contributed by atoms with van der Waals surface area (Å²) in [5, 5.41) is 7.96. The highest BCUT2D eigenvalue weighted by atomic mass is 35.5. The first-order chi connectivity index (χ1) is 13.1. The number of halogens is 1. The van der Waals surface area contributed by atoms with Crippen LogP contribution in [0.5, 0.6) is 0 Å². The summed E-state index contributed by atoms with van der Waals surface area (Å²) in [7, 11) is 0. The van der Waals surface area contributed by atoms with E-state index >= 15 is 0 Å². The maximum Gasteiger partial charge on any atom is 0.261 e. The molecule has 2 aromatic heterocycles. The maximum absolute atomic E-state index is 13.0. The van der Waals surface area contributed by atoms with Crippen molar-refractivity contribution in [1.82, 2.24) is 14.3 Å². The van der Waals surface area contributed by atoms with Crippen LogP contribution in [0.4, 0.5) is 5.69 Å².